The Morgan fingerprint density at radius 3 is 1.29 bits per heavy atom. The summed E-state index contributed by atoms with van der Waals surface area (Å²) in [6.07, 6.45) is 0. The van der Waals surface area contributed by atoms with Gasteiger partial charge in [0, 0.05) is 7.14 Å². The van der Waals surface area contributed by atoms with E-state index in [1.165, 1.54) is 18.3 Å². The molecule has 0 atom stereocenters. The van der Waals surface area contributed by atoms with Gasteiger partial charge in [0.2, 0.25) is 0 Å². The van der Waals surface area contributed by atoms with E-state index in [-0.39, 0.29) is 0 Å². The number of benzene rings is 1. The lowest BCUT2D eigenvalue weighted by molar-refractivity contribution is 0.833. The van der Waals surface area contributed by atoms with Crippen molar-refractivity contribution in [2.45, 2.75) is 39.5 Å². The quantitative estimate of drug-likeness (QED) is 0.588. The lowest BCUT2D eigenvalue weighted by atomic mass is 9.97. The summed E-state index contributed by atoms with van der Waals surface area (Å²) in [5.74, 6) is 1.24. The Morgan fingerprint density at radius 1 is 0.786 bits per heavy atom. The van der Waals surface area contributed by atoms with E-state index in [1.807, 2.05) is 0 Å². The first kappa shape index (κ1) is 12.7. The molecular weight excluding hydrogens is 398 g/mol. The molecule has 0 unspecified atom stereocenters. The largest absolute Gasteiger partial charge is 0.0586 e. The van der Waals surface area contributed by atoms with Crippen molar-refractivity contribution >= 4 is 45.2 Å². The van der Waals surface area contributed by atoms with Gasteiger partial charge in [0.15, 0.2) is 0 Å². The molecule has 0 spiro atoms. The normalized spacial score (nSPS) is 11.4. The number of halogens is 2. The van der Waals surface area contributed by atoms with Gasteiger partial charge >= 0.3 is 0 Å². The molecule has 0 N–H and O–H groups in total. The van der Waals surface area contributed by atoms with Crippen LogP contribution in [0.1, 0.15) is 50.7 Å². The molecule has 14 heavy (non-hydrogen) atoms. The van der Waals surface area contributed by atoms with Crippen LogP contribution in [-0.4, -0.2) is 0 Å². The molecule has 2 heteroatoms. The molecule has 0 amide bonds. The third-order valence-corrected chi connectivity index (χ3v) is 4.23. The van der Waals surface area contributed by atoms with Crippen molar-refractivity contribution in [1.82, 2.24) is 0 Å². The van der Waals surface area contributed by atoms with Crippen molar-refractivity contribution in [2.75, 3.05) is 0 Å². The van der Waals surface area contributed by atoms with E-state index < -0.39 is 0 Å². The molecule has 0 nitrogen and oxygen atoms in total. The second kappa shape index (κ2) is 5.14. The maximum Gasteiger partial charge on any atom is 0.0168 e. The highest BCUT2D eigenvalue weighted by molar-refractivity contribution is 14.1. The predicted molar refractivity (Wildman–Crippen MR) is 80.1 cm³/mol. The smallest absolute Gasteiger partial charge is 0.0168 e. The summed E-state index contributed by atoms with van der Waals surface area (Å²) in [5.41, 5.74) is 2.94. The first-order chi connectivity index (χ1) is 6.43. The molecule has 0 bridgehead atoms. The molecule has 0 aliphatic rings. The first-order valence-electron chi connectivity index (χ1n) is 4.92. The van der Waals surface area contributed by atoms with E-state index >= 15 is 0 Å². The van der Waals surface area contributed by atoms with E-state index in [2.05, 4.69) is 85.0 Å². The van der Waals surface area contributed by atoms with E-state index in [0.29, 0.717) is 11.8 Å². The maximum atomic E-state index is 2.45. The minimum atomic E-state index is 0.622. The minimum absolute atomic E-state index is 0.622. The molecule has 78 valence electrons. The Hall–Kier alpha value is 0.680. The minimum Gasteiger partial charge on any atom is -0.0586 e. The third kappa shape index (κ3) is 2.84. The van der Waals surface area contributed by atoms with Crippen molar-refractivity contribution in [3.05, 3.63) is 30.4 Å². The summed E-state index contributed by atoms with van der Waals surface area (Å²) in [6, 6.07) is 4.67. The van der Waals surface area contributed by atoms with Crippen LogP contribution < -0.4 is 0 Å². The van der Waals surface area contributed by atoms with Crippen LogP contribution in [0.5, 0.6) is 0 Å². The van der Waals surface area contributed by atoms with E-state index in [0.717, 1.165) is 0 Å². The molecule has 1 aromatic carbocycles. The van der Waals surface area contributed by atoms with Crippen LogP contribution in [-0.2, 0) is 0 Å². The van der Waals surface area contributed by atoms with Gasteiger partial charge in [-0.15, -0.1) is 0 Å². The summed E-state index contributed by atoms with van der Waals surface area (Å²) in [6.45, 7) is 9.01. The Kier molecular flexibility index (Phi) is 4.68. The molecule has 0 heterocycles. The topological polar surface area (TPSA) is 0 Å². The molecule has 0 radical (unpaired) electrons. The van der Waals surface area contributed by atoms with Crippen LogP contribution in [0.4, 0.5) is 0 Å². The molecule has 0 saturated heterocycles. The molecule has 0 aliphatic carbocycles. The van der Waals surface area contributed by atoms with Crippen molar-refractivity contribution < 1.29 is 0 Å². The van der Waals surface area contributed by atoms with Gasteiger partial charge < -0.3 is 0 Å². The van der Waals surface area contributed by atoms with Crippen LogP contribution in [0, 0.1) is 7.14 Å². The summed E-state index contributed by atoms with van der Waals surface area (Å²) in [5, 5.41) is 0. The standard InChI is InChI=1S/C12H16I2/c1-7(2)9-5-12(14)10(8(3)4)6-11(9)13/h5-8H,1-4H3. The highest BCUT2D eigenvalue weighted by Crippen LogP contribution is 2.29. The average Bonchev–Trinajstić information content (AvgIpc) is 2.07. The SMILES string of the molecule is CC(C)c1cc(I)c(C(C)C)cc1I. The average molecular weight is 414 g/mol. The monoisotopic (exact) mass is 414 g/mol. The van der Waals surface area contributed by atoms with Crippen LogP contribution in [0.25, 0.3) is 0 Å². The van der Waals surface area contributed by atoms with E-state index in [9.17, 15) is 0 Å². The fraction of sp³-hybridized carbons (Fsp3) is 0.500. The van der Waals surface area contributed by atoms with Gasteiger partial charge in [-0.05, 0) is 80.3 Å². The van der Waals surface area contributed by atoms with Crippen LogP contribution in [0.3, 0.4) is 0 Å². The van der Waals surface area contributed by atoms with Gasteiger partial charge in [-0.25, -0.2) is 0 Å². The fourth-order valence-corrected chi connectivity index (χ4v) is 3.69. The highest BCUT2D eigenvalue weighted by atomic mass is 127. The van der Waals surface area contributed by atoms with Gasteiger partial charge in [0.25, 0.3) is 0 Å². The third-order valence-electron chi connectivity index (χ3n) is 2.36. The van der Waals surface area contributed by atoms with Crippen molar-refractivity contribution in [3.63, 3.8) is 0 Å². The van der Waals surface area contributed by atoms with Gasteiger partial charge in [-0.1, -0.05) is 27.7 Å². The van der Waals surface area contributed by atoms with Gasteiger partial charge in [0.05, 0.1) is 0 Å². The second-order valence-electron chi connectivity index (χ2n) is 4.20. The zero-order valence-corrected chi connectivity index (χ0v) is 13.4. The van der Waals surface area contributed by atoms with Gasteiger partial charge in [-0.3, -0.25) is 0 Å². The zero-order chi connectivity index (χ0) is 10.9. The lowest BCUT2D eigenvalue weighted by Gasteiger charge is -2.14. The molecule has 1 aromatic rings. The molecule has 0 aliphatic heterocycles. The van der Waals surface area contributed by atoms with E-state index in [1.54, 1.807) is 0 Å². The number of hydrogen-bond acceptors (Lipinski definition) is 0. The number of rotatable bonds is 2. The van der Waals surface area contributed by atoms with Crippen LogP contribution in [0.15, 0.2) is 12.1 Å². The summed E-state index contributed by atoms with van der Waals surface area (Å²) in [4.78, 5) is 0. The van der Waals surface area contributed by atoms with Gasteiger partial charge in [0.1, 0.15) is 0 Å². The van der Waals surface area contributed by atoms with Crippen molar-refractivity contribution in [2.24, 2.45) is 0 Å². The Labute approximate surface area is 114 Å². The molecule has 0 fully saturated rings. The zero-order valence-electron chi connectivity index (χ0n) is 9.07. The van der Waals surface area contributed by atoms with Crippen molar-refractivity contribution in [1.29, 1.82) is 0 Å². The molecule has 0 saturated carbocycles. The first-order valence-corrected chi connectivity index (χ1v) is 7.08. The predicted octanol–water partition coefficient (Wildman–Crippen LogP) is 5.14. The fourth-order valence-electron chi connectivity index (χ4n) is 1.46. The highest BCUT2D eigenvalue weighted by Gasteiger charge is 2.11. The number of hydrogen-bond donors (Lipinski definition) is 0. The second-order valence-corrected chi connectivity index (χ2v) is 6.53. The Morgan fingerprint density at radius 2 is 1.07 bits per heavy atom. The summed E-state index contributed by atoms with van der Waals surface area (Å²) < 4.78 is 2.81. The maximum absolute atomic E-state index is 2.45. The Balaban J connectivity index is 3.24. The lowest BCUT2D eigenvalue weighted by Crippen LogP contribution is -1.99. The van der Waals surface area contributed by atoms with Crippen LogP contribution >= 0.6 is 45.2 Å². The molecule has 1 rings (SSSR count). The molecular formula is C12H16I2. The summed E-state index contributed by atoms with van der Waals surface area (Å²) in [7, 11) is 0. The van der Waals surface area contributed by atoms with Gasteiger partial charge in [-0.2, -0.15) is 0 Å². The summed E-state index contributed by atoms with van der Waals surface area (Å²) >= 11 is 4.90. The van der Waals surface area contributed by atoms with E-state index in [4.69, 9.17) is 0 Å². The van der Waals surface area contributed by atoms with Crippen LogP contribution in [0.2, 0.25) is 0 Å². The molecule has 0 aromatic heterocycles. The Bertz CT molecular complexity index is 294. The van der Waals surface area contributed by atoms with Crippen molar-refractivity contribution in [3.8, 4) is 0 Å².